The first-order chi connectivity index (χ1) is 32.6. The van der Waals surface area contributed by atoms with E-state index in [2.05, 4.69) is 0 Å². The number of nitrogens with zero attached hydrogens (tertiary/aromatic N) is 3. The number of amides is 6. The second-order valence-corrected chi connectivity index (χ2v) is 19.2. The molecule has 3 aromatic rings. The number of ether oxygens (including phenoxy) is 6. The van der Waals surface area contributed by atoms with Crippen LogP contribution < -0.4 is 0 Å². The number of esters is 3. The molecule has 3 heterocycles. The van der Waals surface area contributed by atoms with Crippen molar-refractivity contribution in [2.24, 2.45) is 5.41 Å². The fourth-order valence-electron chi connectivity index (χ4n) is 6.65. The maximum Gasteiger partial charge on any atom is 0.338 e. The van der Waals surface area contributed by atoms with E-state index in [1.165, 1.54) is 36.4 Å². The highest BCUT2D eigenvalue weighted by Gasteiger charge is 2.40. The molecular weight excluding hydrogens is 951 g/mol. The average Bonchev–Trinajstić information content (AvgIpc) is 3.97. The lowest BCUT2D eigenvalue weighted by atomic mass is 9.88. The Morgan fingerprint density at radius 3 is 1.12 bits per heavy atom. The van der Waals surface area contributed by atoms with E-state index < -0.39 is 45.2 Å². The number of hydrogen-bond donors (Lipinski definition) is 0. The predicted octanol–water partition coefficient (Wildman–Crippen LogP) is 4.15. The maximum absolute atomic E-state index is 12.8. The van der Waals surface area contributed by atoms with E-state index >= 15 is 0 Å². The standard InChI is InChI=1S/C45H47N3O17S3/c1-2-45(27-60-21-24-63-42(55)30-3-9-33(10-4-30)66-46-36(49)15-16-37(46)50,28-61-22-25-64-43(56)31-5-11-34(12-6-31)67-47-38(51)17-18-39(47)52)29-62-23-26-65-44(57)32-7-13-35(14-8-32)68(58,59)48-40(53)19-20-41(48)54/h3-14H,2,15-29H2,1H3. The van der Waals surface area contributed by atoms with Crippen LogP contribution in [0.3, 0.4) is 0 Å². The first-order valence-electron chi connectivity index (χ1n) is 21.3. The minimum atomic E-state index is -4.42. The quantitative estimate of drug-likeness (QED) is 0.0380. The van der Waals surface area contributed by atoms with Crippen molar-refractivity contribution >= 4 is 87.3 Å². The van der Waals surface area contributed by atoms with Crippen LogP contribution in [0.1, 0.15) is 82.9 Å². The molecule has 3 saturated heterocycles. The van der Waals surface area contributed by atoms with Gasteiger partial charge < -0.3 is 28.4 Å². The molecule has 0 radical (unpaired) electrons. The van der Waals surface area contributed by atoms with Crippen molar-refractivity contribution in [1.29, 1.82) is 0 Å². The third kappa shape index (κ3) is 13.4. The van der Waals surface area contributed by atoms with Crippen LogP contribution in [0.4, 0.5) is 0 Å². The molecule has 0 aliphatic carbocycles. The van der Waals surface area contributed by atoms with Gasteiger partial charge in [0.2, 0.25) is 35.4 Å². The summed E-state index contributed by atoms with van der Waals surface area (Å²) in [6.07, 6.45) is 0.705. The molecule has 0 saturated carbocycles. The summed E-state index contributed by atoms with van der Waals surface area (Å²) in [7, 11) is -4.42. The molecule has 3 aliphatic heterocycles. The summed E-state index contributed by atoms with van der Waals surface area (Å²) in [6.45, 7) is 1.63. The fourth-order valence-corrected chi connectivity index (χ4v) is 9.77. The second-order valence-electron chi connectivity index (χ2n) is 15.4. The first-order valence-corrected chi connectivity index (χ1v) is 24.3. The zero-order chi connectivity index (χ0) is 48.8. The molecule has 68 heavy (non-hydrogen) atoms. The Morgan fingerprint density at radius 1 is 0.485 bits per heavy atom. The summed E-state index contributed by atoms with van der Waals surface area (Å²) < 4.78 is 62.0. The number of sulfonamides is 1. The molecular formula is C45H47N3O17S3. The Balaban J connectivity index is 0.967. The monoisotopic (exact) mass is 997 g/mol. The molecule has 23 heteroatoms. The molecule has 0 aromatic heterocycles. The molecule has 0 atom stereocenters. The van der Waals surface area contributed by atoms with Gasteiger partial charge in [0.25, 0.3) is 10.0 Å². The predicted molar refractivity (Wildman–Crippen MR) is 238 cm³/mol. The summed E-state index contributed by atoms with van der Waals surface area (Å²) in [5.41, 5.74) is -0.265. The van der Waals surface area contributed by atoms with E-state index in [1.54, 1.807) is 24.3 Å². The molecule has 20 nitrogen and oxygen atoms in total. The topological polar surface area (TPSA) is 253 Å². The van der Waals surface area contributed by atoms with Crippen molar-refractivity contribution in [1.82, 2.24) is 12.9 Å². The minimum absolute atomic E-state index is 0.00249. The fraction of sp³-hybridized carbons (Fsp3) is 0.400. The number of carbonyl (C=O) groups is 9. The number of rotatable bonds is 25. The Bertz CT molecular complexity index is 2350. The van der Waals surface area contributed by atoms with E-state index in [0.717, 1.165) is 44.6 Å². The molecule has 362 valence electrons. The van der Waals surface area contributed by atoms with Gasteiger partial charge in [0, 0.05) is 53.7 Å². The molecule has 0 unspecified atom stereocenters. The molecule has 6 rings (SSSR count). The van der Waals surface area contributed by atoms with Crippen molar-refractivity contribution in [2.45, 2.75) is 66.6 Å². The van der Waals surface area contributed by atoms with Gasteiger partial charge in [-0.05, 0) is 103 Å². The lowest BCUT2D eigenvalue weighted by molar-refractivity contribution is -0.133. The molecule has 3 aliphatic rings. The summed E-state index contributed by atoms with van der Waals surface area (Å²) in [5.74, 6) is -4.76. The Hall–Kier alpha value is -5.98. The summed E-state index contributed by atoms with van der Waals surface area (Å²) in [5, 5.41) is 0. The Morgan fingerprint density at radius 2 is 0.794 bits per heavy atom. The average molecular weight is 998 g/mol. The maximum atomic E-state index is 12.8. The van der Waals surface area contributed by atoms with Crippen LogP contribution in [0.5, 0.6) is 0 Å². The van der Waals surface area contributed by atoms with Crippen molar-refractivity contribution in [2.75, 3.05) is 59.5 Å². The third-order valence-electron chi connectivity index (χ3n) is 10.6. The minimum Gasteiger partial charge on any atom is -0.460 e. The van der Waals surface area contributed by atoms with Crippen molar-refractivity contribution in [3.8, 4) is 0 Å². The zero-order valence-electron chi connectivity index (χ0n) is 36.7. The van der Waals surface area contributed by atoms with E-state index in [0.29, 0.717) is 16.2 Å². The third-order valence-corrected chi connectivity index (χ3v) is 14.5. The van der Waals surface area contributed by atoms with Crippen molar-refractivity contribution < 1.29 is 80.0 Å². The van der Waals surface area contributed by atoms with Gasteiger partial charge in [-0.1, -0.05) is 6.92 Å². The van der Waals surface area contributed by atoms with E-state index in [1.807, 2.05) is 6.92 Å². The number of imide groups is 3. The molecule has 6 amide bonds. The van der Waals surface area contributed by atoms with Gasteiger partial charge in [0.1, 0.15) is 19.8 Å². The van der Waals surface area contributed by atoms with E-state index in [4.69, 9.17) is 28.4 Å². The molecule has 0 bridgehead atoms. The van der Waals surface area contributed by atoms with Crippen LogP contribution in [0.15, 0.2) is 87.5 Å². The highest BCUT2D eigenvalue weighted by atomic mass is 32.2. The number of carbonyl (C=O) groups excluding carboxylic acids is 9. The first kappa shape index (κ1) is 51.4. The zero-order valence-corrected chi connectivity index (χ0v) is 39.2. The van der Waals surface area contributed by atoms with Gasteiger partial charge in [-0.15, -0.1) is 0 Å². The van der Waals surface area contributed by atoms with Gasteiger partial charge in [-0.25, -0.2) is 31.4 Å². The van der Waals surface area contributed by atoms with Gasteiger partial charge in [-0.3, -0.25) is 28.8 Å². The molecule has 3 fully saturated rings. The summed E-state index contributed by atoms with van der Waals surface area (Å²) in [4.78, 5) is 111. The molecule has 0 N–H and O–H groups in total. The van der Waals surface area contributed by atoms with Crippen LogP contribution in [0.25, 0.3) is 0 Å². The normalized spacial score (nSPS) is 15.5. The number of benzene rings is 3. The van der Waals surface area contributed by atoms with Crippen LogP contribution in [-0.2, 0) is 67.2 Å². The Kier molecular flexibility index (Phi) is 18.0. The smallest absolute Gasteiger partial charge is 0.338 e. The molecule has 3 aromatic carbocycles. The summed E-state index contributed by atoms with van der Waals surface area (Å²) >= 11 is 1.98. The van der Waals surface area contributed by atoms with Crippen LogP contribution >= 0.6 is 23.9 Å². The van der Waals surface area contributed by atoms with Gasteiger partial charge >= 0.3 is 17.9 Å². The lowest BCUT2D eigenvalue weighted by Crippen LogP contribution is -2.38. The van der Waals surface area contributed by atoms with Gasteiger partial charge in [-0.2, -0.15) is 4.31 Å². The largest absolute Gasteiger partial charge is 0.460 e. The molecule has 0 spiro atoms. The van der Waals surface area contributed by atoms with Crippen LogP contribution in [-0.4, -0.2) is 134 Å². The Labute approximate surface area is 399 Å². The van der Waals surface area contributed by atoms with Crippen molar-refractivity contribution in [3.05, 3.63) is 89.5 Å². The summed E-state index contributed by atoms with van der Waals surface area (Å²) in [6, 6.07) is 17.1. The van der Waals surface area contributed by atoms with Gasteiger partial charge in [0.05, 0.1) is 61.2 Å². The highest BCUT2D eigenvalue weighted by molar-refractivity contribution is 7.98. The van der Waals surface area contributed by atoms with E-state index in [-0.39, 0.29) is 148 Å². The SMILES string of the molecule is CCC(COCCOC(=O)c1ccc(SN2C(=O)CCC2=O)cc1)(COCCOC(=O)c1ccc(SN2C(=O)CCC2=O)cc1)COCCOC(=O)c1ccc(S(=O)(=O)N2C(=O)CCC2=O)cc1. The van der Waals surface area contributed by atoms with Gasteiger partial charge in [0.15, 0.2) is 0 Å². The van der Waals surface area contributed by atoms with E-state index in [9.17, 15) is 51.6 Å². The van der Waals surface area contributed by atoms with Crippen molar-refractivity contribution in [3.63, 3.8) is 0 Å². The second kappa shape index (κ2) is 23.8. The lowest BCUT2D eigenvalue weighted by Gasteiger charge is -2.32. The highest BCUT2D eigenvalue weighted by Crippen LogP contribution is 2.31. The van der Waals surface area contributed by atoms with Crippen LogP contribution in [0, 0.1) is 5.41 Å². The van der Waals surface area contributed by atoms with Crippen LogP contribution in [0.2, 0.25) is 0 Å². The number of hydrogen-bond acceptors (Lipinski definition) is 19.